The highest BCUT2D eigenvalue weighted by Crippen LogP contribution is 2.09. The van der Waals surface area contributed by atoms with Gasteiger partial charge in [-0.2, -0.15) is 0 Å². The fourth-order valence-corrected chi connectivity index (χ4v) is 2.90. The minimum Gasteiger partial charge on any atom is -0.469 e. The number of aryl methyl sites for hydroxylation is 1. The summed E-state index contributed by atoms with van der Waals surface area (Å²) in [5, 5.41) is 0. The van der Waals surface area contributed by atoms with Gasteiger partial charge in [-0.05, 0) is 11.1 Å². The number of ether oxygens (including phenoxy) is 1. The van der Waals surface area contributed by atoms with Gasteiger partial charge >= 0.3 is 5.97 Å². The Balaban J connectivity index is 1.81. The van der Waals surface area contributed by atoms with E-state index in [1.54, 1.807) is 0 Å². The smallest absolute Gasteiger partial charge is 0.305 e. The number of hydrogen-bond acceptors (Lipinski definition) is 2. The van der Waals surface area contributed by atoms with E-state index in [0.717, 1.165) is 18.8 Å². The van der Waals surface area contributed by atoms with Gasteiger partial charge in [0.2, 0.25) is 6.33 Å². The molecule has 4 nitrogen and oxygen atoms in total. The zero-order chi connectivity index (χ0) is 17.5. The third-order valence-electron chi connectivity index (χ3n) is 4.19. The zero-order valence-electron chi connectivity index (χ0n) is 14.5. The molecule has 0 atom stereocenters. The molecule has 3 rings (SSSR count). The van der Waals surface area contributed by atoms with Gasteiger partial charge in [0.05, 0.1) is 13.5 Å². The topological polar surface area (TPSA) is 35.1 Å². The van der Waals surface area contributed by atoms with Crippen LogP contribution in [0.4, 0.5) is 0 Å². The maximum atomic E-state index is 11.5. The number of carbonyl (C=O) groups is 1. The molecule has 0 amide bonds. The van der Waals surface area contributed by atoms with Crippen molar-refractivity contribution in [3.8, 4) is 0 Å². The van der Waals surface area contributed by atoms with E-state index < -0.39 is 0 Å². The average molecular weight is 335 g/mol. The first-order valence-corrected chi connectivity index (χ1v) is 8.47. The van der Waals surface area contributed by atoms with Crippen molar-refractivity contribution in [2.45, 2.75) is 25.9 Å². The van der Waals surface area contributed by atoms with Gasteiger partial charge < -0.3 is 4.74 Å². The summed E-state index contributed by atoms with van der Waals surface area (Å²) in [7, 11) is 1.43. The highest BCUT2D eigenvalue weighted by atomic mass is 16.5. The fraction of sp³-hybridized carbons (Fsp3) is 0.238. The third kappa shape index (κ3) is 4.80. The van der Waals surface area contributed by atoms with Crippen LogP contribution in [-0.2, 0) is 29.0 Å². The predicted molar refractivity (Wildman–Crippen MR) is 96.1 cm³/mol. The van der Waals surface area contributed by atoms with Gasteiger partial charge in [-0.3, -0.25) is 4.79 Å². The molecule has 0 radical (unpaired) electrons. The number of esters is 1. The Kier molecular flexibility index (Phi) is 5.62. The summed E-state index contributed by atoms with van der Waals surface area (Å²) in [6.45, 7) is 1.60. The minimum absolute atomic E-state index is 0.179. The van der Waals surface area contributed by atoms with Crippen molar-refractivity contribution >= 4 is 5.97 Å². The van der Waals surface area contributed by atoms with E-state index in [1.165, 1.54) is 18.2 Å². The number of benzene rings is 2. The number of methoxy groups -OCH3 is 1. The van der Waals surface area contributed by atoms with Gasteiger partial charge in [0, 0.05) is 6.42 Å². The first-order chi connectivity index (χ1) is 12.2. The Morgan fingerprint density at radius 1 is 1.00 bits per heavy atom. The van der Waals surface area contributed by atoms with E-state index in [-0.39, 0.29) is 5.97 Å². The number of rotatable bonds is 7. The predicted octanol–water partition coefficient (Wildman–Crippen LogP) is 2.98. The first-order valence-electron chi connectivity index (χ1n) is 8.47. The van der Waals surface area contributed by atoms with Crippen molar-refractivity contribution in [2.75, 3.05) is 7.11 Å². The highest BCUT2D eigenvalue weighted by Gasteiger charge is 2.16. The molecule has 1 heterocycles. The van der Waals surface area contributed by atoms with Crippen molar-refractivity contribution < 1.29 is 14.1 Å². The monoisotopic (exact) mass is 335 g/mol. The molecule has 1 aromatic heterocycles. The van der Waals surface area contributed by atoms with E-state index in [2.05, 4.69) is 58.1 Å². The molecule has 0 fully saturated rings. The Morgan fingerprint density at radius 3 is 2.28 bits per heavy atom. The summed E-state index contributed by atoms with van der Waals surface area (Å²) in [6.07, 6.45) is 5.30. The molecule has 0 aliphatic rings. The Hall–Kier alpha value is -2.88. The quantitative estimate of drug-likeness (QED) is 0.491. The molecule has 2 aromatic carbocycles. The lowest BCUT2D eigenvalue weighted by molar-refractivity contribution is -0.688. The molecule has 0 N–H and O–H groups in total. The van der Waals surface area contributed by atoms with Crippen molar-refractivity contribution in [2.24, 2.45) is 0 Å². The van der Waals surface area contributed by atoms with Gasteiger partial charge in [0.25, 0.3) is 0 Å². The van der Waals surface area contributed by atoms with E-state index >= 15 is 0 Å². The number of imidazole rings is 1. The first kappa shape index (κ1) is 17.0. The molecule has 0 aliphatic carbocycles. The lowest BCUT2D eigenvalue weighted by atomic mass is 10.2. The van der Waals surface area contributed by atoms with Gasteiger partial charge in [-0.1, -0.05) is 60.7 Å². The number of hydrogen-bond donors (Lipinski definition) is 0. The lowest BCUT2D eigenvalue weighted by Gasteiger charge is -2.02. The van der Waals surface area contributed by atoms with Gasteiger partial charge in [0.15, 0.2) is 0 Å². The summed E-state index contributed by atoms with van der Waals surface area (Å²) in [6, 6.07) is 20.7. The number of carbonyl (C=O) groups excluding carboxylic acids is 1. The molecule has 0 spiro atoms. The van der Waals surface area contributed by atoms with Crippen LogP contribution in [0, 0.1) is 0 Å². The van der Waals surface area contributed by atoms with Crippen LogP contribution >= 0.6 is 0 Å². The van der Waals surface area contributed by atoms with Crippen molar-refractivity contribution in [1.82, 2.24) is 4.57 Å². The molecule has 0 unspecified atom stereocenters. The van der Waals surface area contributed by atoms with E-state index in [9.17, 15) is 4.79 Å². The van der Waals surface area contributed by atoms with E-state index in [0.29, 0.717) is 12.8 Å². The summed E-state index contributed by atoms with van der Waals surface area (Å²) in [4.78, 5) is 11.5. The second-order valence-electron chi connectivity index (χ2n) is 6.08. The van der Waals surface area contributed by atoms with Crippen molar-refractivity contribution in [3.63, 3.8) is 0 Å². The van der Waals surface area contributed by atoms with Crippen LogP contribution in [0.3, 0.4) is 0 Å². The summed E-state index contributed by atoms with van der Waals surface area (Å²) >= 11 is 0. The SMILES string of the molecule is COC(=O)CCc1c[n+](Cc2ccccc2)cn1Cc1ccccc1. The van der Waals surface area contributed by atoms with Gasteiger partial charge in [-0.15, -0.1) is 0 Å². The van der Waals surface area contributed by atoms with Gasteiger partial charge in [-0.25, -0.2) is 9.13 Å². The average Bonchev–Trinajstić information content (AvgIpc) is 3.02. The molecule has 0 bridgehead atoms. The van der Waals surface area contributed by atoms with Crippen LogP contribution in [0.2, 0.25) is 0 Å². The molecular formula is C21H23N2O2+. The summed E-state index contributed by atoms with van der Waals surface area (Å²) in [5.74, 6) is -0.179. The summed E-state index contributed by atoms with van der Waals surface area (Å²) < 4.78 is 9.16. The normalized spacial score (nSPS) is 10.6. The van der Waals surface area contributed by atoms with Crippen LogP contribution in [0.25, 0.3) is 0 Å². The van der Waals surface area contributed by atoms with Crippen molar-refractivity contribution in [3.05, 3.63) is 90.0 Å². The highest BCUT2D eigenvalue weighted by molar-refractivity contribution is 5.69. The largest absolute Gasteiger partial charge is 0.469 e. The fourth-order valence-electron chi connectivity index (χ4n) is 2.90. The van der Waals surface area contributed by atoms with Gasteiger partial charge in [0.1, 0.15) is 25.0 Å². The zero-order valence-corrected chi connectivity index (χ0v) is 14.5. The van der Waals surface area contributed by atoms with Crippen LogP contribution in [-0.4, -0.2) is 17.6 Å². The van der Waals surface area contributed by atoms with Crippen LogP contribution in [0.5, 0.6) is 0 Å². The standard InChI is InChI=1S/C21H23N2O2/c1-25-21(24)13-12-20-16-22(14-18-8-4-2-5-9-18)17-23(20)15-19-10-6-3-7-11-19/h2-11,16-17H,12-15H2,1H3/q+1. The Labute approximate surface area is 148 Å². The third-order valence-corrected chi connectivity index (χ3v) is 4.19. The molecule has 0 saturated carbocycles. The minimum atomic E-state index is -0.179. The van der Waals surface area contributed by atoms with Crippen LogP contribution < -0.4 is 4.57 Å². The molecule has 3 aromatic rings. The van der Waals surface area contributed by atoms with Crippen molar-refractivity contribution in [1.29, 1.82) is 0 Å². The Bertz CT molecular complexity index is 810. The second-order valence-corrected chi connectivity index (χ2v) is 6.08. The van der Waals surface area contributed by atoms with Crippen LogP contribution in [0.1, 0.15) is 23.2 Å². The van der Waals surface area contributed by atoms with E-state index in [1.807, 2.05) is 24.3 Å². The molecule has 4 heteroatoms. The van der Waals surface area contributed by atoms with Crippen LogP contribution in [0.15, 0.2) is 73.2 Å². The number of nitrogens with zero attached hydrogens (tertiary/aromatic N) is 2. The molecule has 128 valence electrons. The maximum Gasteiger partial charge on any atom is 0.305 e. The summed E-state index contributed by atoms with van der Waals surface area (Å²) in [5.41, 5.74) is 3.62. The maximum absolute atomic E-state index is 11.5. The second kappa shape index (κ2) is 8.29. The molecular weight excluding hydrogens is 312 g/mol. The molecule has 25 heavy (non-hydrogen) atoms. The van der Waals surface area contributed by atoms with E-state index in [4.69, 9.17) is 4.74 Å². The molecule has 0 aliphatic heterocycles. The lowest BCUT2D eigenvalue weighted by Crippen LogP contribution is -2.31. The number of aromatic nitrogens is 2. The Morgan fingerprint density at radius 2 is 1.64 bits per heavy atom. The molecule has 0 saturated heterocycles.